The van der Waals surface area contributed by atoms with Gasteiger partial charge in [-0.05, 0) is 23.7 Å². The predicted octanol–water partition coefficient (Wildman–Crippen LogP) is 2.64. The van der Waals surface area contributed by atoms with Gasteiger partial charge in [0.15, 0.2) is 0 Å². The molecule has 0 bridgehead atoms. The minimum atomic E-state index is -0.0487. The molecule has 0 saturated heterocycles. The summed E-state index contributed by atoms with van der Waals surface area (Å²) in [5, 5.41) is 4.75. The summed E-state index contributed by atoms with van der Waals surface area (Å²) in [6, 6.07) is 7.69. The summed E-state index contributed by atoms with van der Waals surface area (Å²) < 4.78 is 4.01. The molecule has 2 aromatic rings. The van der Waals surface area contributed by atoms with E-state index in [0.29, 0.717) is 5.57 Å². The van der Waals surface area contributed by atoms with Crippen LogP contribution < -0.4 is 5.32 Å². The first-order chi connectivity index (χ1) is 7.84. The van der Waals surface area contributed by atoms with Crippen molar-refractivity contribution in [1.82, 2.24) is 4.37 Å². The van der Waals surface area contributed by atoms with Crippen LogP contribution in [0.2, 0.25) is 0 Å². The number of nitrogens with zero attached hydrogens (tertiary/aromatic N) is 1. The van der Waals surface area contributed by atoms with Gasteiger partial charge in [-0.25, -0.2) is 4.37 Å². The SMILES string of the molecule is O=C1Nc2ccccc2C1=Cc1cnsc1. The molecular weight excluding hydrogens is 220 g/mol. The van der Waals surface area contributed by atoms with Crippen LogP contribution in [0.25, 0.3) is 11.6 Å². The minimum Gasteiger partial charge on any atom is -0.321 e. The van der Waals surface area contributed by atoms with Gasteiger partial charge in [-0.15, -0.1) is 0 Å². The molecule has 3 rings (SSSR count). The number of nitrogens with one attached hydrogen (secondary N) is 1. The number of carbonyl (C=O) groups excluding carboxylic acids is 1. The van der Waals surface area contributed by atoms with E-state index in [0.717, 1.165) is 16.8 Å². The second-order valence-electron chi connectivity index (χ2n) is 3.52. The Labute approximate surface area is 96.6 Å². The number of rotatable bonds is 1. The maximum atomic E-state index is 11.8. The van der Waals surface area contributed by atoms with E-state index in [4.69, 9.17) is 0 Å². The summed E-state index contributed by atoms with van der Waals surface area (Å²) in [5.74, 6) is -0.0487. The van der Waals surface area contributed by atoms with Crippen molar-refractivity contribution in [2.24, 2.45) is 0 Å². The van der Waals surface area contributed by atoms with E-state index in [1.165, 1.54) is 11.5 Å². The molecule has 1 aromatic carbocycles. The van der Waals surface area contributed by atoms with Gasteiger partial charge in [-0.1, -0.05) is 18.2 Å². The molecule has 4 heteroatoms. The fourth-order valence-corrected chi connectivity index (χ4v) is 2.23. The Balaban J connectivity index is 2.12. The molecule has 0 atom stereocenters. The highest BCUT2D eigenvalue weighted by Gasteiger charge is 2.23. The van der Waals surface area contributed by atoms with Gasteiger partial charge in [0, 0.05) is 34.0 Å². The lowest BCUT2D eigenvalue weighted by atomic mass is 10.1. The van der Waals surface area contributed by atoms with Crippen molar-refractivity contribution >= 4 is 34.8 Å². The van der Waals surface area contributed by atoms with Crippen LogP contribution in [0.3, 0.4) is 0 Å². The number of hydrogen-bond acceptors (Lipinski definition) is 3. The van der Waals surface area contributed by atoms with Crippen LogP contribution in [0.5, 0.6) is 0 Å². The van der Waals surface area contributed by atoms with E-state index in [-0.39, 0.29) is 5.91 Å². The highest BCUT2D eigenvalue weighted by molar-refractivity contribution is 7.03. The molecule has 1 N–H and O–H groups in total. The Bertz CT molecular complexity index is 572. The molecule has 1 aliphatic heterocycles. The summed E-state index contributed by atoms with van der Waals surface area (Å²) in [7, 11) is 0. The summed E-state index contributed by atoms with van der Waals surface area (Å²) >= 11 is 1.38. The van der Waals surface area contributed by atoms with E-state index in [1.54, 1.807) is 6.20 Å². The summed E-state index contributed by atoms with van der Waals surface area (Å²) in [5.41, 5.74) is 3.50. The second-order valence-corrected chi connectivity index (χ2v) is 4.17. The maximum absolute atomic E-state index is 11.8. The van der Waals surface area contributed by atoms with Gasteiger partial charge in [-0.2, -0.15) is 0 Å². The van der Waals surface area contributed by atoms with Crippen LogP contribution in [0.1, 0.15) is 11.1 Å². The third-order valence-electron chi connectivity index (χ3n) is 2.47. The van der Waals surface area contributed by atoms with Crippen molar-refractivity contribution in [3.05, 3.63) is 47.0 Å². The molecule has 78 valence electrons. The smallest absolute Gasteiger partial charge is 0.256 e. The molecule has 0 fully saturated rings. The second kappa shape index (κ2) is 3.57. The summed E-state index contributed by atoms with van der Waals surface area (Å²) in [4.78, 5) is 11.8. The first-order valence-corrected chi connectivity index (χ1v) is 5.70. The number of fused-ring (bicyclic) bond motifs is 1. The topological polar surface area (TPSA) is 42.0 Å². The molecule has 0 saturated carbocycles. The van der Waals surface area contributed by atoms with Crippen molar-refractivity contribution in [1.29, 1.82) is 0 Å². The first kappa shape index (κ1) is 9.30. The summed E-state index contributed by atoms with van der Waals surface area (Å²) in [6.07, 6.45) is 3.62. The third-order valence-corrected chi connectivity index (χ3v) is 3.08. The molecule has 0 unspecified atom stereocenters. The fraction of sp³-hybridized carbons (Fsp3) is 0. The van der Waals surface area contributed by atoms with Crippen LogP contribution in [0, 0.1) is 0 Å². The molecule has 3 nitrogen and oxygen atoms in total. The Morgan fingerprint density at radius 2 is 2.19 bits per heavy atom. The molecule has 2 heterocycles. The van der Waals surface area contributed by atoms with Crippen LogP contribution in [-0.4, -0.2) is 10.3 Å². The average Bonchev–Trinajstić information content (AvgIpc) is 2.89. The van der Waals surface area contributed by atoms with Crippen LogP contribution in [-0.2, 0) is 4.79 Å². The Morgan fingerprint density at radius 3 is 3.00 bits per heavy atom. The highest BCUT2D eigenvalue weighted by atomic mass is 32.1. The Kier molecular flexibility index (Phi) is 2.08. The number of amides is 1. The Morgan fingerprint density at radius 1 is 1.31 bits per heavy atom. The van der Waals surface area contributed by atoms with Crippen LogP contribution >= 0.6 is 11.5 Å². The van der Waals surface area contributed by atoms with Gasteiger partial charge in [0.2, 0.25) is 0 Å². The van der Waals surface area contributed by atoms with E-state index in [9.17, 15) is 4.79 Å². The number of anilines is 1. The quantitative estimate of drug-likeness (QED) is 0.762. The van der Waals surface area contributed by atoms with Gasteiger partial charge in [0.1, 0.15) is 0 Å². The van der Waals surface area contributed by atoms with Crippen molar-refractivity contribution in [3.63, 3.8) is 0 Å². The number of aromatic nitrogens is 1. The lowest BCUT2D eigenvalue weighted by molar-refractivity contribution is -0.110. The molecule has 0 aliphatic carbocycles. The highest BCUT2D eigenvalue weighted by Crippen LogP contribution is 2.32. The largest absolute Gasteiger partial charge is 0.321 e. The van der Waals surface area contributed by atoms with Crippen LogP contribution in [0.15, 0.2) is 35.8 Å². The van der Waals surface area contributed by atoms with E-state index >= 15 is 0 Å². The first-order valence-electron chi connectivity index (χ1n) is 4.86. The molecule has 0 radical (unpaired) electrons. The van der Waals surface area contributed by atoms with Gasteiger partial charge < -0.3 is 5.32 Å². The maximum Gasteiger partial charge on any atom is 0.256 e. The number of hydrogen-bond donors (Lipinski definition) is 1. The zero-order valence-electron chi connectivity index (χ0n) is 8.31. The van der Waals surface area contributed by atoms with Crippen molar-refractivity contribution in [2.45, 2.75) is 0 Å². The lowest BCUT2D eigenvalue weighted by Gasteiger charge is -1.95. The zero-order valence-corrected chi connectivity index (χ0v) is 9.12. The molecule has 16 heavy (non-hydrogen) atoms. The molecular formula is C12H8N2OS. The number of benzene rings is 1. The third kappa shape index (κ3) is 1.44. The molecule has 0 spiro atoms. The molecule has 1 aromatic heterocycles. The lowest BCUT2D eigenvalue weighted by Crippen LogP contribution is -2.03. The van der Waals surface area contributed by atoms with E-state index in [2.05, 4.69) is 9.69 Å². The normalized spacial score (nSPS) is 16.2. The number of para-hydroxylation sites is 1. The van der Waals surface area contributed by atoms with E-state index in [1.807, 2.05) is 35.7 Å². The van der Waals surface area contributed by atoms with Gasteiger partial charge in [0.05, 0.1) is 0 Å². The Hall–Kier alpha value is -1.94. The van der Waals surface area contributed by atoms with Crippen LogP contribution in [0.4, 0.5) is 5.69 Å². The predicted molar refractivity (Wildman–Crippen MR) is 65.1 cm³/mol. The minimum absolute atomic E-state index is 0.0487. The summed E-state index contributed by atoms with van der Waals surface area (Å²) in [6.45, 7) is 0. The molecule has 1 amide bonds. The van der Waals surface area contributed by atoms with E-state index < -0.39 is 0 Å². The standard InChI is InChI=1S/C12H8N2OS/c15-12-10(5-8-6-13-16-7-8)9-3-1-2-4-11(9)14-12/h1-7H,(H,14,15). The monoisotopic (exact) mass is 228 g/mol. The molecule has 1 aliphatic rings. The number of carbonyl (C=O) groups is 1. The fourth-order valence-electron chi connectivity index (χ4n) is 1.73. The van der Waals surface area contributed by atoms with Gasteiger partial charge in [0.25, 0.3) is 5.91 Å². The average molecular weight is 228 g/mol. The van der Waals surface area contributed by atoms with Crippen molar-refractivity contribution in [2.75, 3.05) is 5.32 Å². The van der Waals surface area contributed by atoms with Crippen molar-refractivity contribution < 1.29 is 4.79 Å². The van der Waals surface area contributed by atoms with Crippen molar-refractivity contribution in [3.8, 4) is 0 Å². The van der Waals surface area contributed by atoms with Gasteiger partial charge >= 0.3 is 0 Å². The zero-order chi connectivity index (χ0) is 11.0. The van der Waals surface area contributed by atoms with Gasteiger partial charge in [-0.3, -0.25) is 4.79 Å².